The molecule has 128 valence electrons. The van der Waals surface area contributed by atoms with Crippen molar-refractivity contribution in [3.8, 4) is 11.3 Å². The molecule has 0 aliphatic carbocycles. The van der Waals surface area contributed by atoms with E-state index in [4.69, 9.17) is 11.6 Å². The predicted molar refractivity (Wildman–Crippen MR) is 98.1 cm³/mol. The average molecular weight is 357 g/mol. The Hall–Kier alpha value is -2.86. The van der Waals surface area contributed by atoms with Gasteiger partial charge in [0, 0.05) is 36.1 Å². The van der Waals surface area contributed by atoms with Crippen molar-refractivity contribution in [2.24, 2.45) is 0 Å². The summed E-state index contributed by atoms with van der Waals surface area (Å²) in [5.74, 6) is -0.315. The van der Waals surface area contributed by atoms with Gasteiger partial charge in [-0.3, -0.25) is 18.6 Å². The normalized spacial score (nSPS) is 10.8. The SMILES string of the molecule is C=CCn1c(-c2cccc(Cl)c2)cn2cc(C(=O)NCC)nc2c1=O. The van der Waals surface area contributed by atoms with Crippen LogP contribution in [0, 0.1) is 0 Å². The van der Waals surface area contributed by atoms with E-state index in [1.165, 1.54) is 0 Å². The number of nitrogens with zero attached hydrogens (tertiary/aromatic N) is 3. The van der Waals surface area contributed by atoms with E-state index in [9.17, 15) is 9.59 Å². The number of benzene rings is 1. The molecule has 0 atom stereocenters. The third-order valence-electron chi connectivity index (χ3n) is 3.72. The molecule has 0 fully saturated rings. The van der Waals surface area contributed by atoms with E-state index >= 15 is 0 Å². The summed E-state index contributed by atoms with van der Waals surface area (Å²) in [6.07, 6.45) is 4.95. The fourth-order valence-electron chi connectivity index (χ4n) is 2.63. The van der Waals surface area contributed by atoms with E-state index in [2.05, 4.69) is 16.9 Å². The van der Waals surface area contributed by atoms with Gasteiger partial charge in [0.2, 0.25) is 5.65 Å². The molecule has 0 spiro atoms. The summed E-state index contributed by atoms with van der Waals surface area (Å²) >= 11 is 6.08. The van der Waals surface area contributed by atoms with Gasteiger partial charge in [0.15, 0.2) is 0 Å². The highest BCUT2D eigenvalue weighted by Crippen LogP contribution is 2.22. The third-order valence-corrected chi connectivity index (χ3v) is 3.96. The minimum absolute atomic E-state index is 0.189. The highest BCUT2D eigenvalue weighted by atomic mass is 35.5. The van der Waals surface area contributed by atoms with Crippen LogP contribution in [0.5, 0.6) is 0 Å². The molecule has 3 rings (SSSR count). The lowest BCUT2D eigenvalue weighted by molar-refractivity contribution is 0.0951. The lowest BCUT2D eigenvalue weighted by Crippen LogP contribution is -2.24. The van der Waals surface area contributed by atoms with Gasteiger partial charge >= 0.3 is 0 Å². The van der Waals surface area contributed by atoms with E-state index in [0.717, 1.165) is 5.56 Å². The van der Waals surface area contributed by atoms with Gasteiger partial charge in [0.25, 0.3) is 11.5 Å². The van der Waals surface area contributed by atoms with Gasteiger partial charge in [-0.25, -0.2) is 4.98 Å². The number of allylic oxidation sites excluding steroid dienone is 1. The number of imidazole rings is 1. The van der Waals surface area contributed by atoms with Crippen molar-refractivity contribution in [2.75, 3.05) is 6.54 Å². The van der Waals surface area contributed by atoms with E-state index in [0.29, 0.717) is 23.8 Å². The molecular formula is C18H17ClN4O2. The van der Waals surface area contributed by atoms with Crippen LogP contribution < -0.4 is 10.9 Å². The second-order valence-corrected chi connectivity index (χ2v) is 5.88. The Morgan fingerprint density at radius 1 is 1.40 bits per heavy atom. The van der Waals surface area contributed by atoms with Gasteiger partial charge < -0.3 is 5.32 Å². The summed E-state index contributed by atoms with van der Waals surface area (Å²) in [6.45, 7) is 6.34. The minimum atomic E-state index is -0.315. The van der Waals surface area contributed by atoms with Crippen LogP contribution in [0.4, 0.5) is 0 Å². The highest BCUT2D eigenvalue weighted by molar-refractivity contribution is 6.30. The molecule has 0 bridgehead atoms. The molecule has 0 unspecified atom stereocenters. The summed E-state index contributed by atoms with van der Waals surface area (Å²) in [6, 6.07) is 7.24. The van der Waals surface area contributed by atoms with Crippen LogP contribution >= 0.6 is 11.6 Å². The van der Waals surface area contributed by atoms with Gasteiger partial charge in [-0.2, -0.15) is 0 Å². The molecule has 3 aromatic rings. The maximum absolute atomic E-state index is 12.9. The lowest BCUT2D eigenvalue weighted by atomic mass is 10.1. The van der Waals surface area contributed by atoms with Crippen LogP contribution in [0.1, 0.15) is 17.4 Å². The molecule has 0 saturated heterocycles. The Morgan fingerprint density at radius 2 is 2.20 bits per heavy atom. The van der Waals surface area contributed by atoms with Crippen LogP contribution in [0.3, 0.4) is 0 Å². The summed E-state index contributed by atoms with van der Waals surface area (Å²) in [4.78, 5) is 29.0. The zero-order valence-corrected chi connectivity index (χ0v) is 14.5. The van der Waals surface area contributed by atoms with E-state index < -0.39 is 0 Å². The predicted octanol–water partition coefficient (Wildman–Crippen LogP) is 2.75. The van der Waals surface area contributed by atoms with Crippen LogP contribution in [0.25, 0.3) is 16.9 Å². The molecule has 1 N–H and O–H groups in total. The van der Waals surface area contributed by atoms with Crippen molar-refractivity contribution in [3.63, 3.8) is 0 Å². The van der Waals surface area contributed by atoms with Crippen LogP contribution in [0.15, 0.2) is 54.1 Å². The summed E-state index contributed by atoms with van der Waals surface area (Å²) in [5, 5.41) is 3.25. The first-order valence-electron chi connectivity index (χ1n) is 7.82. The minimum Gasteiger partial charge on any atom is -0.351 e. The highest BCUT2D eigenvalue weighted by Gasteiger charge is 2.16. The largest absolute Gasteiger partial charge is 0.351 e. The number of carbonyl (C=O) groups is 1. The van der Waals surface area contributed by atoms with Crippen LogP contribution in [-0.4, -0.2) is 26.4 Å². The van der Waals surface area contributed by atoms with Crippen molar-refractivity contribution in [3.05, 3.63) is 70.4 Å². The fourth-order valence-corrected chi connectivity index (χ4v) is 2.82. The van der Waals surface area contributed by atoms with Gasteiger partial charge in [0.05, 0.1) is 5.69 Å². The summed E-state index contributed by atoms with van der Waals surface area (Å²) in [5.41, 5.74) is 1.55. The second-order valence-electron chi connectivity index (χ2n) is 5.45. The van der Waals surface area contributed by atoms with Gasteiger partial charge in [-0.05, 0) is 19.1 Å². The molecule has 0 aliphatic heterocycles. The van der Waals surface area contributed by atoms with E-state index in [-0.39, 0.29) is 22.8 Å². The van der Waals surface area contributed by atoms with Crippen molar-refractivity contribution >= 4 is 23.2 Å². The molecule has 1 amide bonds. The molecule has 0 saturated carbocycles. The number of rotatable bonds is 5. The number of amides is 1. The lowest BCUT2D eigenvalue weighted by Gasteiger charge is -2.12. The standard InChI is InChI=1S/C18H17ClN4O2/c1-3-8-23-15(12-6-5-7-13(19)9-12)11-22-10-14(17(24)20-4-2)21-16(22)18(23)25/h3,5-7,9-11H,1,4,8H2,2H3,(H,20,24). The third kappa shape index (κ3) is 3.21. The fraction of sp³-hybridized carbons (Fsp3) is 0.167. The maximum atomic E-state index is 12.9. The van der Waals surface area contributed by atoms with Crippen molar-refractivity contribution in [1.82, 2.24) is 19.3 Å². The van der Waals surface area contributed by atoms with Gasteiger partial charge in [-0.1, -0.05) is 29.8 Å². The number of nitrogens with one attached hydrogen (secondary N) is 1. The molecule has 1 aromatic carbocycles. The maximum Gasteiger partial charge on any atom is 0.295 e. The van der Waals surface area contributed by atoms with Crippen molar-refractivity contribution in [2.45, 2.75) is 13.5 Å². The molecule has 2 heterocycles. The number of halogens is 1. The van der Waals surface area contributed by atoms with Crippen molar-refractivity contribution < 1.29 is 4.79 Å². The van der Waals surface area contributed by atoms with Crippen LogP contribution in [-0.2, 0) is 6.54 Å². The average Bonchev–Trinajstić information content (AvgIpc) is 3.02. The smallest absolute Gasteiger partial charge is 0.295 e. The Labute approximate surface area is 149 Å². The summed E-state index contributed by atoms with van der Waals surface area (Å²) < 4.78 is 3.13. The topological polar surface area (TPSA) is 68.4 Å². The first-order chi connectivity index (χ1) is 12.0. The molecule has 6 nitrogen and oxygen atoms in total. The molecule has 7 heteroatoms. The second kappa shape index (κ2) is 6.94. The molecular weight excluding hydrogens is 340 g/mol. The first kappa shape index (κ1) is 17.0. The first-order valence-corrected chi connectivity index (χ1v) is 8.20. The Kier molecular flexibility index (Phi) is 4.72. The monoisotopic (exact) mass is 356 g/mol. The number of hydrogen-bond acceptors (Lipinski definition) is 3. The Balaban J connectivity index is 2.25. The number of aromatic nitrogens is 3. The zero-order chi connectivity index (χ0) is 18.0. The Morgan fingerprint density at radius 3 is 2.88 bits per heavy atom. The number of hydrogen-bond donors (Lipinski definition) is 1. The molecule has 2 aromatic heterocycles. The van der Waals surface area contributed by atoms with Gasteiger partial charge in [-0.15, -0.1) is 6.58 Å². The van der Waals surface area contributed by atoms with Gasteiger partial charge in [0.1, 0.15) is 5.69 Å². The molecule has 25 heavy (non-hydrogen) atoms. The summed E-state index contributed by atoms with van der Waals surface area (Å²) in [7, 11) is 0. The number of fused-ring (bicyclic) bond motifs is 1. The van der Waals surface area contributed by atoms with Crippen LogP contribution in [0.2, 0.25) is 5.02 Å². The molecule has 0 aliphatic rings. The molecule has 0 radical (unpaired) electrons. The van der Waals surface area contributed by atoms with E-state index in [1.807, 2.05) is 19.1 Å². The zero-order valence-electron chi connectivity index (χ0n) is 13.7. The van der Waals surface area contributed by atoms with Crippen molar-refractivity contribution in [1.29, 1.82) is 0 Å². The quantitative estimate of drug-likeness (QED) is 0.715. The number of carbonyl (C=O) groups excluding carboxylic acids is 1. The Bertz CT molecular complexity index is 1020. The van der Waals surface area contributed by atoms with E-state index in [1.54, 1.807) is 39.6 Å².